The highest BCUT2D eigenvalue weighted by Gasteiger charge is 2.19. The maximum absolute atomic E-state index is 12.2. The summed E-state index contributed by atoms with van der Waals surface area (Å²) in [5, 5.41) is 23.8. The number of nitrogens with one attached hydrogen (secondary N) is 2. The second-order valence-corrected chi connectivity index (χ2v) is 9.68. The lowest BCUT2D eigenvalue weighted by Crippen LogP contribution is -2.40. The van der Waals surface area contributed by atoms with E-state index in [4.69, 9.17) is 5.26 Å². The number of aromatic nitrogens is 1. The lowest BCUT2D eigenvalue weighted by Gasteiger charge is -2.14. The van der Waals surface area contributed by atoms with Gasteiger partial charge < -0.3 is 15.7 Å². The number of hydrogen-bond donors (Lipinski definition) is 3. The Bertz CT molecular complexity index is 1190. The van der Waals surface area contributed by atoms with Crippen molar-refractivity contribution in [1.82, 2.24) is 15.6 Å². The fraction of sp³-hybridized carbons (Fsp3) is 0.400. The van der Waals surface area contributed by atoms with Crippen LogP contribution in [0, 0.1) is 11.3 Å². The van der Waals surface area contributed by atoms with E-state index in [0.717, 1.165) is 38.5 Å². The molecule has 0 unspecified atom stereocenters. The topological polar surface area (TPSA) is 132 Å². The molecule has 1 heterocycles. The summed E-state index contributed by atoms with van der Waals surface area (Å²) in [6, 6.07) is 4.01. The SMILES string of the molecule is CC/C=C\C/C=C\C/C=C\C/C=C\C/C=C\C/C=C\CCC(=O)N[C@@H](CCCCNC(=O)c1cccnc1C#N)C(=O)O. The molecule has 0 fully saturated rings. The first-order chi connectivity index (χ1) is 21.0. The van der Waals surface area contributed by atoms with Crippen LogP contribution >= 0.6 is 0 Å². The molecule has 0 bridgehead atoms. The van der Waals surface area contributed by atoms with Gasteiger partial charge in [0.15, 0.2) is 5.69 Å². The minimum Gasteiger partial charge on any atom is -0.480 e. The predicted molar refractivity (Wildman–Crippen MR) is 172 cm³/mol. The summed E-state index contributed by atoms with van der Waals surface area (Å²) in [5.41, 5.74) is 0.255. The summed E-state index contributed by atoms with van der Waals surface area (Å²) in [7, 11) is 0. The molecule has 0 aliphatic carbocycles. The van der Waals surface area contributed by atoms with Crippen LogP contribution in [0.15, 0.2) is 91.2 Å². The maximum Gasteiger partial charge on any atom is 0.326 e. The molecule has 0 spiro atoms. The Morgan fingerprint density at radius 1 is 0.884 bits per heavy atom. The summed E-state index contributed by atoms with van der Waals surface area (Å²) in [6.07, 6.45) is 34.6. The van der Waals surface area contributed by atoms with Gasteiger partial charge in [-0.05, 0) is 76.3 Å². The van der Waals surface area contributed by atoms with E-state index in [9.17, 15) is 19.5 Å². The molecule has 1 atom stereocenters. The van der Waals surface area contributed by atoms with Crippen molar-refractivity contribution in [3.8, 4) is 6.07 Å². The molecule has 1 rings (SSSR count). The third kappa shape index (κ3) is 19.3. The zero-order valence-electron chi connectivity index (χ0n) is 25.3. The van der Waals surface area contributed by atoms with Gasteiger partial charge in [0.2, 0.25) is 5.91 Å². The van der Waals surface area contributed by atoms with E-state index in [1.165, 1.54) is 12.3 Å². The Balaban J connectivity index is 2.15. The van der Waals surface area contributed by atoms with E-state index in [1.807, 2.05) is 18.2 Å². The summed E-state index contributed by atoms with van der Waals surface area (Å²) < 4.78 is 0. The summed E-state index contributed by atoms with van der Waals surface area (Å²) >= 11 is 0. The van der Waals surface area contributed by atoms with Crippen LogP contribution in [-0.4, -0.2) is 40.5 Å². The Hall–Kier alpha value is -4.51. The average Bonchev–Trinajstić information content (AvgIpc) is 3.01. The van der Waals surface area contributed by atoms with Crippen molar-refractivity contribution < 1.29 is 19.5 Å². The van der Waals surface area contributed by atoms with Crippen molar-refractivity contribution in [2.75, 3.05) is 6.54 Å². The number of nitrogens with zero attached hydrogens (tertiary/aromatic N) is 2. The number of carboxylic acids is 1. The molecular formula is C35H46N4O4. The van der Waals surface area contributed by atoms with E-state index in [0.29, 0.717) is 25.8 Å². The van der Waals surface area contributed by atoms with Crippen LogP contribution in [0.3, 0.4) is 0 Å². The van der Waals surface area contributed by atoms with Crippen LogP contribution < -0.4 is 10.6 Å². The van der Waals surface area contributed by atoms with Gasteiger partial charge in [-0.3, -0.25) is 9.59 Å². The quantitative estimate of drug-likeness (QED) is 0.1000. The first kappa shape index (κ1) is 36.5. The fourth-order valence-electron chi connectivity index (χ4n) is 3.83. The Labute approximate surface area is 256 Å². The smallest absolute Gasteiger partial charge is 0.326 e. The molecule has 0 aliphatic rings. The van der Waals surface area contributed by atoms with Crippen molar-refractivity contribution in [1.29, 1.82) is 5.26 Å². The van der Waals surface area contributed by atoms with Gasteiger partial charge in [-0.25, -0.2) is 9.78 Å². The van der Waals surface area contributed by atoms with Gasteiger partial charge in [-0.1, -0.05) is 79.8 Å². The number of pyridine rings is 1. The number of carbonyl (C=O) groups is 3. The molecule has 0 radical (unpaired) electrons. The highest BCUT2D eigenvalue weighted by molar-refractivity contribution is 5.96. The van der Waals surface area contributed by atoms with Crippen molar-refractivity contribution >= 4 is 17.8 Å². The number of carbonyl (C=O) groups excluding carboxylic acids is 2. The zero-order valence-corrected chi connectivity index (χ0v) is 25.3. The fourth-order valence-corrected chi connectivity index (χ4v) is 3.83. The summed E-state index contributed by atoms with van der Waals surface area (Å²) in [5.74, 6) is -1.79. The van der Waals surface area contributed by atoms with Crippen LogP contribution in [0.25, 0.3) is 0 Å². The standard InChI is InChI=1S/C35H46N4O4/c1-2-3-4-5-6-7-8-9-10-11-12-13-14-15-16-17-18-19-20-26-33(40)39-31(35(42)43)25-21-22-27-38-34(41)30-24-23-28-37-32(30)29-36/h3-4,6-7,9-10,12-13,15-16,18-19,23-24,28,31H,2,5,8,11,14,17,20-22,25-27H2,1H3,(H,38,41)(H,39,40)(H,42,43)/b4-3-,7-6-,10-9-,13-12-,16-15-,19-18-/t31-/m0/s1. The first-order valence-corrected chi connectivity index (χ1v) is 15.0. The predicted octanol–water partition coefficient (Wildman–Crippen LogP) is 6.90. The number of nitriles is 1. The average molecular weight is 587 g/mol. The monoisotopic (exact) mass is 586 g/mol. The minimum absolute atomic E-state index is 0.0534. The second kappa shape index (κ2) is 25.2. The number of hydrogen-bond acceptors (Lipinski definition) is 5. The van der Waals surface area contributed by atoms with Crippen LogP contribution in [0.2, 0.25) is 0 Å². The Morgan fingerprint density at radius 3 is 1.98 bits per heavy atom. The first-order valence-electron chi connectivity index (χ1n) is 15.0. The van der Waals surface area contributed by atoms with Crippen LogP contribution in [0.5, 0.6) is 0 Å². The van der Waals surface area contributed by atoms with Gasteiger partial charge in [0.25, 0.3) is 5.91 Å². The van der Waals surface area contributed by atoms with Gasteiger partial charge >= 0.3 is 5.97 Å². The minimum atomic E-state index is -1.08. The molecule has 0 saturated carbocycles. The van der Waals surface area contributed by atoms with Gasteiger partial charge in [0.1, 0.15) is 12.1 Å². The highest BCUT2D eigenvalue weighted by atomic mass is 16.4. The van der Waals surface area contributed by atoms with Gasteiger partial charge in [0, 0.05) is 19.2 Å². The van der Waals surface area contributed by atoms with E-state index >= 15 is 0 Å². The van der Waals surface area contributed by atoms with Crippen LogP contribution in [0.1, 0.15) is 93.6 Å². The van der Waals surface area contributed by atoms with E-state index in [-0.39, 0.29) is 30.0 Å². The van der Waals surface area contributed by atoms with Gasteiger partial charge in [0.05, 0.1) is 5.56 Å². The van der Waals surface area contributed by atoms with Crippen molar-refractivity contribution in [2.45, 2.75) is 83.6 Å². The number of unbranched alkanes of at least 4 members (excludes halogenated alkanes) is 1. The molecule has 0 aliphatic heterocycles. The van der Waals surface area contributed by atoms with Crippen molar-refractivity contribution in [2.24, 2.45) is 0 Å². The summed E-state index contributed by atoms with van der Waals surface area (Å²) in [6.45, 7) is 2.46. The molecule has 8 nitrogen and oxygen atoms in total. The van der Waals surface area contributed by atoms with Crippen LogP contribution in [-0.2, 0) is 9.59 Å². The molecule has 0 aromatic carbocycles. The van der Waals surface area contributed by atoms with E-state index < -0.39 is 17.9 Å². The second-order valence-electron chi connectivity index (χ2n) is 9.68. The maximum atomic E-state index is 12.2. The normalized spacial score (nSPS) is 12.7. The van der Waals surface area contributed by atoms with Gasteiger partial charge in [-0.15, -0.1) is 0 Å². The number of carboxylic acid groups (broad SMARTS) is 1. The van der Waals surface area contributed by atoms with E-state index in [2.05, 4.69) is 83.3 Å². The molecule has 2 amide bonds. The third-order valence-corrected chi connectivity index (χ3v) is 6.13. The molecule has 0 saturated heterocycles. The van der Waals surface area contributed by atoms with Crippen LogP contribution in [0.4, 0.5) is 0 Å². The Kier molecular flexibility index (Phi) is 21.4. The van der Waals surface area contributed by atoms with E-state index in [1.54, 1.807) is 6.07 Å². The summed E-state index contributed by atoms with van der Waals surface area (Å²) in [4.78, 5) is 39.8. The Morgan fingerprint density at radius 2 is 1.44 bits per heavy atom. The molecule has 1 aromatic heterocycles. The number of rotatable bonds is 22. The molecule has 230 valence electrons. The lowest BCUT2D eigenvalue weighted by atomic mass is 10.1. The molecular weight excluding hydrogens is 540 g/mol. The van der Waals surface area contributed by atoms with Crippen molar-refractivity contribution in [3.05, 3.63) is 102 Å². The number of aliphatic carboxylic acids is 1. The largest absolute Gasteiger partial charge is 0.480 e. The zero-order chi connectivity index (χ0) is 31.4. The number of allylic oxidation sites excluding steroid dienone is 12. The van der Waals surface area contributed by atoms with Crippen molar-refractivity contribution in [3.63, 3.8) is 0 Å². The van der Waals surface area contributed by atoms with Gasteiger partial charge in [-0.2, -0.15) is 5.26 Å². The number of amides is 2. The molecule has 8 heteroatoms. The molecule has 43 heavy (non-hydrogen) atoms. The highest BCUT2D eigenvalue weighted by Crippen LogP contribution is 2.06. The molecule has 3 N–H and O–H groups in total. The molecule has 1 aromatic rings. The third-order valence-electron chi connectivity index (χ3n) is 6.13. The lowest BCUT2D eigenvalue weighted by molar-refractivity contribution is -0.142.